The maximum Gasteiger partial charge on any atom is 0.312 e. The molecule has 1 saturated heterocycles. The first-order valence-corrected chi connectivity index (χ1v) is 12.3. The normalized spacial score (nSPS) is 23.5. The summed E-state index contributed by atoms with van der Waals surface area (Å²) in [6.07, 6.45) is 12.2. The molecular weight excluding hydrogens is 390 g/mol. The summed E-state index contributed by atoms with van der Waals surface area (Å²) in [7, 11) is 0. The molecule has 4 rings (SSSR count). The molecule has 3 aliphatic rings. The van der Waals surface area contributed by atoms with E-state index >= 15 is 0 Å². The molecule has 1 amide bonds. The van der Waals surface area contributed by atoms with Crippen molar-refractivity contribution >= 4 is 11.9 Å². The van der Waals surface area contributed by atoms with Gasteiger partial charge in [0.2, 0.25) is 5.91 Å². The number of cyclic esters (lactones) is 1. The van der Waals surface area contributed by atoms with Crippen molar-refractivity contribution in [1.29, 1.82) is 0 Å². The highest BCUT2D eigenvalue weighted by Gasteiger charge is 2.43. The van der Waals surface area contributed by atoms with Crippen LogP contribution in [0.5, 0.6) is 5.75 Å². The lowest BCUT2D eigenvalue weighted by Gasteiger charge is -2.41. The summed E-state index contributed by atoms with van der Waals surface area (Å²) < 4.78 is 11.6. The van der Waals surface area contributed by atoms with Gasteiger partial charge in [-0.05, 0) is 56.6 Å². The van der Waals surface area contributed by atoms with Crippen molar-refractivity contribution in [2.75, 3.05) is 26.3 Å². The van der Waals surface area contributed by atoms with Gasteiger partial charge in [0.25, 0.3) is 0 Å². The van der Waals surface area contributed by atoms with E-state index in [1.165, 1.54) is 31.2 Å². The van der Waals surface area contributed by atoms with Gasteiger partial charge < -0.3 is 14.4 Å². The van der Waals surface area contributed by atoms with Crippen molar-refractivity contribution < 1.29 is 19.1 Å². The van der Waals surface area contributed by atoms with Gasteiger partial charge in [0.1, 0.15) is 19.0 Å². The van der Waals surface area contributed by atoms with Crippen LogP contribution < -0.4 is 4.74 Å². The molecule has 1 aromatic carbocycles. The minimum atomic E-state index is -0.445. The van der Waals surface area contributed by atoms with Crippen LogP contribution in [0.2, 0.25) is 0 Å². The Bertz CT molecular complexity index is 746. The zero-order chi connectivity index (χ0) is 21.5. The number of esters is 1. The number of rotatable bonds is 1. The minimum Gasteiger partial charge on any atom is -0.490 e. The Balaban J connectivity index is 1.37. The number of carbonyl (C=O) groups excluding carboxylic acids is 2. The average Bonchev–Trinajstić information content (AvgIpc) is 3.09. The highest BCUT2D eigenvalue weighted by atomic mass is 16.6. The molecule has 31 heavy (non-hydrogen) atoms. The van der Waals surface area contributed by atoms with Crippen LogP contribution in [0.25, 0.3) is 0 Å². The lowest BCUT2D eigenvalue weighted by atomic mass is 9.74. The smallest absolute Gasteiger partial charge is 0.312 e. The van der Waals surface area contributed by atoms with E-state index in [2.05, 4.69) is 12.1 Å². The summed E-state index contributed by atoms with van der Waals surface area (Å²) in [4.78, 5) is 28.2. The zero-order valence-electron chi connectivity index (χ0n) is 18.8. The van der Waals surface area contributed by atoms with E-state index in [1.54, 1.807) is 0 Å². The predicted molar refractivity (Wildman–Crippen MR) is 120 cm³/mol. The number of hydrogen-bond acceptors (Lipinski definition) is 4. The fourth-order valence-corrected chi connectivity index (χ4v) is 5.56. The monoisotopic (exact) mass is 427 g/mol. The molecule has 0 bridgehead atoms. The van der Waals surface area contributed by atoms with E-state index < -0.39 is 5.41 Å². The summed E-state index contributed by atoms with van der Waals surface area (Å²) in [5.41, 5.74) is 0.783. The molecule has 2 aliphatic heterocycles. The van der Waals surface area contributed by atoms with Crippen molar-refractivity contribution in [3.8, 4) is 5.75 Å². The maximum atomic E-state index is 13.1. The van der Waals surface area contributed by atoms with Crippen molar-refractivity contribution in [2.45, 2.75) is 77.0 Å². The second-order valence-electron chi connectivity index (χ2n) is 9.59. The molecule has 5 nitrogen and oxygen atoms in total. The number of ether oxygens (including phenoxy) is 2. The highest BCUT2D eigenvalue weighted by molar-refractivity contribution is 5.80. The van der Waals surface area contributed by atoms with Gasteiger partial charge in [-0.3, -0.25) is 9.59 Å². The second kappa shape index (κ2) is 10.5. The third kappa shape index (κ3) is 5.42. The number of hydrogen-bond donors (Lipinski definition) is 0. The number of nitrogens with zero attached hydrogens (tertiary/aromatic N) is 1. The van der Waals surface area contributed by atoms with E-state index in [1.807, 2.05) is 17.0 Å². The summed E-state index contributed by atoms with van der Waals surface area (Å²) in [5.74, 6) is 1.32. The Hall–Kier alpha value is -2.04. The molecule has 2 heterocycles. The van der Waals surface area contributed by atoms with E-state index in [-0.39, 0.29) is 18.5 Å². The quantitative estimate of drug-likeness (QED) is 0.472. The average molecular weight is 428 g/mol. The van der Waals surface area contributed by atoms with E-state index in [9.17, 15) is 9.59 Å². The second-order valence-corrected chi connectivity index (χ2v) is 9.59. The molecule has 1 spiro atoms. The summed E-state index contributed by atoms with van der Waals surface area (Å²) >= 11 is 0. The van der Waals surface area contributed by atoms with Crippen LogP contribution in [-0.4, -0.2) is 43.1 Å². The largest absolute Gasteiger partial charge is 0.490 e. The zero-order valence-corrected chi connectivity index (χ0v) is 18.8. The number of piperidine rings is 1. The summed E-state index contributed by atoms with van der Waals surface area (Å²) in [5, 5.41) is 0. The van der Waals surface area contributed by atoms with Crippen molar-refractivity contribution in [2.24, 2.45) is 11.3 Å². The molecule has 0 N–H and O–H groups in total. The number of fused-ring (bicyclic) bond motifs is 1. The standard InChI is InChI=1S/C26H37NO4/c28-24(22-11-3-1-2-4-12-22)27-17-15-26(16-18-27)14-8-7-10-21-9-5-6-13-23(21)30-19-20-31-25(26)29/h5-6,9,13,22H,1-4,7-8,10-12,14-20H2. The first-order chi connectivity index (χ1) is 15.2. The molecule has 1 saturated carbocycles. The van der Waals surface area contributed by atoms with Crippen molar-refractivity contribution in [1.82, 2.24) is 4.90 Å². The molecule has 0 radical (unpaired) electrons. The molecular formula is C26H37NO4. The molecule has 2 fully saturated rings. The van der Waals surface area contributed by atoms with Gasteiger partial charge >= 0.3 is 5.97 Å². The first kappa shape index (κ1) is 22.2. The van der Waals surface area contributed by atoms with Gasteiger partial charge in [0.15, 0.2) is 0 Å². The topological polar surface area (TPSA) is 55.8 Å². The fraction of sp³-hybridized carbons (Fsp3) is 0.692. The maximum absolute atomic E-state index is 13.1. The Morgan fingerprint density at radius 1 is 0.871 bits per heavy atom. The summed E-state index contributed by atoms with van der Waals surface area (Å²) in [6, 6.07) is 8.15. The van der Waals surface area contributed by atoms with Crippen molar-refractivity contribution in [3.63, 3.8) is 0 Å². The van der Waals surface area contributed by atoms with Crippen LogP contribution in [0.1, 0.15) is 76.2 Å². The minimum absolute atomic E-state index is 0.0912. The third-order valence-electron chi connectivity index (χ3n) is 7.57. The number of carbonyl (C=O) groups is 2. The first-order valence-electron chi connectivity index (χ1n) is 12.3. The highest BCUT2D eigenvalue weighted by Crippen LogP contribution is 2.39. The number of para-hydroxylation sites is 1. The van der Waals surface area contributed by atoms with Crippen LogP contribution >= 0.6 is 0 Å². The van der Waals surface area contributed by atoms with Gasteiger partial charge in [0.05, 0.1) is 5.41 Å². The Morgan fingerprint density at radius 2 is 1.58 bits per heavy atom. The molecule has 1 aliphatic carbocycles. The van der Waals surface area contributed by atoms with Crippen molar-refractivity contribution in [3.05, 3.63) is 29.8 Å². The number of likely N-dealkylation sites (tertiary alicyclic amines) is 1. The summed E-state index contributed by atoms with van der Waals surface area (Å²) in [6.45, 7) is 2.03. The molecule has 0 aromatic heterocycles. The van der Waals surface area contributed by atoms with E-state index in [0.717, 1.165) is 57.1 Å². The van der Waals surface area contributed by atoms with Crippen LogP contribution in [0.4, 0.5) is 0 Å². The molecule has 0 atom stereocenters. The van der Waals surface area contributed by atoms with Crippen LogP contribution in [-0.2, 0) is 20.7 Å². The van der Waals surface area contributed by atoms with Gasteiger partial charge in [-0.15, -0.1) is 0 Å². The van der Waals surface area contributed by atoms with Crippen LogP contribution in [0, 0.1) is 11.3 Å². The Morgan fingerprint density at radius 3 is 2.35 bits per heavy atom. The Kier molecular flexibility index (Phi) is 7.52. The van der Waals surface area contributed by atoms with Crippen LogP contribution in [0.3, 0.4) is 0 Å². The Labute approximate surface area is 186 Å². The van der Waals surface area contributed by atoms with Gasteiger partial charge in [0, 0.05) is 19.0 Å². The number of benzene rings is 1. The number of aryl methyl sites for hydroxylation is 1. The predicted octanol–water partition coefficient (Wildman–Crippen LogP) is 4.91. The lowest BCUT2D eigenvalue weighted by Crippen LogP contribution is -2.48. The van der Waals surface area contributed by atoms with Crippen LogP contribution in [0.15, 0.2) is 24.3 Å². The molecule has 1 aromatic rings. The molecule has 5 heteroatoms. The number of amides is 1. The van der Waals surface area contributed by atoms with E-state index in [4.69, 9.17) is 9.47 Å². The van der Waals surface area contributed by atoms with Gasteiger partial charge in [-0.1, -0.05) is 50.3 Å². The van der Waals surface area contributed by atoms with Gasteiger partial charge in [-0.2, -0.15) is 0 Å². The lowest BCUT2D eigenvalue weighted by molar-refractivity contribution is -0.162. The molecule has 0 unspecified atom stereocenters. The van der Waals surface area contributed by atoms with Gasteiger partial charge in [-0.25, -0.2) is 0 Å². The fourth-order valence-electron chi connectivity index (χ4n) is 5.56. The molecule has 170 valence electrons. The SMILES string of the molecule is O=C(C1CCCCCC1)N1CCC2(CCCCc3ccccc3OCCOC2=O)CC1. The van der Waals surface area contributed by atoms with E-state index in [0.29, 0.717) is 25.6 Å². The third-order valence-corrected chi connectivity index (χ3v) is 7.57.